The van der Waals surface area contributed by atoms with Gasteiger partial charge < -0.3 is 10.6 Å². The second kappa shape index (κ2) is 5.50. The van der Waals surface area contributed by atoms with Gasteiger partial charge in [-0.1, -0.05) is 13.8 Å². The highest BCUT2D eigenvalue weighted by Gasteiger charge is 2.28. The van der Waals surface area contributed by atoms with Gasteiger partial charge in [0.1, 0.15) is 0 Å². The van der Waals surface area contributed by atoms with Crippen LogP contribution in [-0.2, 0) is 4.79 Å². The molecule has 1 rings (SSSR count). The lowest BCUT2D eigenvalue weighted by Crippen LogP contribution is -2.51. The lowest BCUT2D eigenvalue weighted by molar-refractivity contribution is -0.136. The average Bonchev–Trinajstić information content (AvgIpc) is 2.16. The number of rotatable bonds is 3. The Bertz CT molecular complexity index is 214. The van der Waals surface area contributed by atoms with Crippen molar-refractivity contribution in [2.75, 3.05) is 6.54 Å². The molecule has 1 fully saturated rings. The predicted molar refractivity (Wildman–Crippen MR) is 62.5 cm³/mol. The Labute approximate surface area is 93.0 Å². The van der Waals surface area contributed by atoms with Gasteiger partial charge in [0.05, 0.1) is 0 Å². The third kappa shape index (κ3) is 3.49. The molecule has 0 radical (unpaired) electrons. The minimum absolute atomic E-state index is 0.0985. The third-order valence-corrected chi connectivity index (χ3v) is 3.06. The van der Waals surface area contributed by atoms with Gasteiger partial charge in [0, 0.05) is 25.0 Å². The van der Waals surface area contributed by atoms with Crippen LogP contribution in [0.1, 0.15) is 46.5 Å². The maximum atomic E-state index is 12.0. The van der Waals surface area contributed by atoms with Gasteiger partial charge in [0.25, 0.3) is 0 Å². The van der Waals surface area contributed by atoms with E-state index in [1.165, 1.54) is 6.42 Å². The molecular formula is C12H24N2O. The molecule has 3 heteroatoms. The van der Waals surface area contributed by atoms with Gasteiger partial charge in [0.2, 0.25) is 5.91 Å². The summed E-state index contributed by atoms with van der Waals surface area (Å²) < 4.78 is 0. The molecule has 2 unspecified atom stereocenters. The van der Waals surface area contributed by atoms with Crippen LogP contribution in [0.25, 0.3) is 0 Å². The fourth-order valence-corrected chi connectivity index (χ4v) is 2.28. The Hall–Kier alpha value is -0.570. The van der Waals surface area contributed by atoms with E-state index in [0.717, 1.165) is 19.4 Å². The first-order valence-electron chi connectivity index (χ1n) is 6.07. The summed E-state index contributed by atoms with van der Waals surface area (Å²) in [5.41, 5.74) is 5.93. The van der Waals surface area contributed by atoms with E-state index in [2.05, 4.69) is 13.8 Å². The zero-order chi connectivity index (χ0) is 11.4. The smallest absolute Gasteiger partial charge is 0.223 e. The van der Waals surface area contributed by atoms with Crippen LogP contribution in [-0.4, -0.2) is 29.4 Å². The van der Waals surface area contributed by atoms with E-state index in [4.69, 9.17) is 5.73 Å². The number of carbonyl (C=O) groups excluding carboxylic acids is 1. The van der Waals surface area contributed by atoms with Crippen molar-refractivity contribution < 1.29 is 4.79 Å². The number of nitrogens with zero attached hydrogens (tertiary/aromatic N) is 1. The molecule has 1 saturated heterocycles. The van der Waals surface area contributed by atoms with Crippen molar-refractivity contribution >= 4 is 5.91 Å². The molecule has 1 heterocycles. The summed E-state index contributed by atoms with van der Waals surface area (Å²) in [6.45, 7) is 7.08. The molecule has 15 heavy (non-hydrogen) atoms. The Balaban J connectivity index is 2.59. The highest BCUT2D eigenvalue weighted by atomic mass is 16.2. The molecule has 0 bridgehead atoms. The van der Waals surface area contributed by atoms with Gasteiger partial charge in [-0.2, -0.15) is 0 Å². The molecule has 0 aromatic carbocycles. The molecule has 0 aliphatic carbocycles. The minimum atomic E-state index is 0.0985. The van der Waals surface area contributed by atoms with E-state index in [0.29, 0.717) is 12.3 Å². The highest BCUT2D eigenvalue weighted by molar-refractivity contribution is 5.76. The maximum Gasteiger partial charge on any atom is 0.223 e. The molecule has 3 nitrogen and oxygen atoms in total. The van der Waals surface area contributed by atoms with E-state index in [1.54, 1.807) is 0 Å². The van der Waals surface area contributed by atoms with Crippen molar-refractivity contribution in [3.05, 3.63) is 0 Å². The van der Waals surface area contributed by atoms with E-state index in [1.807, 2.05) is 11.8 Å². The number of hydrogen-bond donors (Lipinski definition) is 1. The summed E-state index contributed by atoms with van der Waals surface area (Å²) >= 11 is 0. The van der Waals surface area contributed by atoms with Crippen molar-refractivity contribution in [1.82, 2.24) is 4.90 Å². The highest BCUT2D eigenvalue weighted by Crippen LogP contribution is 2.20. The largest absolute Gasteiger partial charge is 0.338 e. The number of piperidine rings is 1. The van der Waals surface area contributed by atoms with Crippen LogP contribution in [0.5, 0.6) is 0 Å². The Morgan fingerprint density at radius 3 is 2.60 bits per heavy atom. The van der Waals surface area contributed by atoms with Crippen LogP contribution >= 0.6 is 0 Å². The SMILES string of the molecule is CC(C)CC(=O)N1CCCCC1C(C)N. The second-order valence-electron chi connectivity index (χ2n) is 5.11. The van der Waals surface area contributed by atoms with Crippen molar-refractivity contribution in [2.45, 2.75) is 58.5 Å². The molecule has 2 atom stereocenters. The third-order valence-electron chi connectivity index (χ3n) is 3.06. The molecule has 1 aliphatic rings. The summed E-state index contributed by atoms with van der Waals surface area (Å²) in [5, 5.41) is 0. The fourth-order valence-electron chi connectivity index (χ4n) is 2.28. The first-order chi connectivity index (χ1) is 7.02. The topological polar surface area (TPSA) is 46.3 Å². The van der Waals surface area contributed by atoms with Gasteiger partial charge in [0.15, 0.2) is 0 Å². The molecule has 88 valence electrons. The van der Waals surface area contributed by atoms with Gasteiger partial charge in [-0.05, 0) is 32.1 Å². The van der Waals surface area contributed by atoms with Crippen LogP contribution < -0.4 is 5.73 Å². The first-order valence-corrected chi connectivity index (χ1v) is 6.07. The summed E-state index contributed by atoms with van der Waals surface area (Å²) in [4.78, 5) is 14.0. The van der Waals surface area contributed by atoms with E-state index < -0.39 is 0 Å². The number of likely N-dealkylation sites (tertiary alicyclic amines) is 1. The molecule has 0 aromatic rings. The van der Waals surface area contributed by atoms with E-state index >= 15 is 0 Å². The van der Waals surface area contributed by atoms with E-state index in [-0.39, 0.29) is 18.0 Å². The lowest BCUT2D eigenvalue weighted by Gasteiger charge is -2.38. The summed E-state index contributed by atoms with van der Waals surface area (Å²) in [5.74, 6) is 0.722. The van der Waals surface area contributed by atoms with Gasteiger partial charge >= 0.3 is 0 Å². The summed E-state index contributed by atoms with van der Waals surface area (Å²) in [7, 11) is 0. The number of carbonyl (C=O) groups is 1. The van der Waals surface area contributed by atoms with Crippen LogP contribution in [0, 0.1) is 5.92 Å². The van der Waals surface area contributed by atoms with Crippen LogP contribution in [0.2, 0.25) is 0 Å². The van der Waals surface area contributed by atoms with Crippen LogP contribution in [0.3, 0.4) is 0 Å². The molecule has 1 amide bonds. The molecule has 0 spiro atoms. The zero-order valence-electron chi connectivity index (χ0n) is 10.2. The van der Waals surface area contributed by atoms with E-state index in [9.17, 15) is 4.79 Å². The molecule has 0 aromatic heterocycles. The van der Waals surface area contributed by atoms with Gasteiger partial charge in [-0.3, -0.25) is 4.79 Å². The van der Waals surface area contributed by atoms with Crippen molar-refractivity contribution in [1.29, 1.82) is 0 Å². The quantitative estimate of drug-likeness (QED) is 0.775. The molecule has 0 saturated carbocycles. The van der Waals surface area contributed by atoms with Crippen molar-refractivity contribution in [3.63, 3.8) is 0 Å². The molecule has 1 aliphatic heterocycles. The monoisotopic (exact) mass is 212 g/mol. The number of amides is 1. The Morgan fingerprint density at radius 1 is 1.40 bits per heavy atom. The molecular weight excluding hydrogens is 188 g/mol. The minimum Gasteiger partial charge on any atom is -0.338 e. The normalized spacial score (nSPS) is 24.3. The first kappa shape index (κ1) is 12.5. The maximum absolute atomic E-state index is 12.0. The number of hydrogen-bond acceptors (Lipinski definition) is 2. The van der Waals surface area contributed by atoms with Gasteiger partial charge in [-0.25, -0.2) is 0 Å². The predicted octanol–water partition coefficient (Wildman–Crippen LogP) is 1.76. The Morgan fingerprint density at radius 2 is 2.07 bits per heavy atom. The average molecular weight is 212 g/mol. The van der Waals surface area contributed by atoms with Crippen molar-refractivity contribution in [2.24, 2.45) is 11.7 Å². The fraction of sp³-hybridized carbons (Fsp3) is 0.917. The van der Waals surface area contributed by atoms with Crippen LogP contribution in [0.4, 0.5) is 0 Å². The summed E-state index contributed by atoms with van der Waals surface area (Å²) in [6, 6.07) is 0.367. The number of nitrogens with two attached hydrogens (primary N) is 1. The standard InChI is InChI=1S/C12H24N2O/c1-9(2)8-12(15)14-7-5-4-6-11(14)10(3)13/h9-11H,4-8,13H2,1-3H3. The van der Waals surface area contributed by atoms with Crippen molar-refractivity contribution in [3.8, 4) is 0 Å². The summed E-state index contributed by atoms with van der Waals surface area (Å²) in [6.07, 6.45) is 4.06. The zero-order valence-corrected chi connectivity index (χ0v) is 10.2. The lowest BCUT2D eigenvalue weighted by atomic mass is 9.96. The van der Waals surface area contributed by atoms with Crippen LogP contribution in [0.15, 0.2) is 0 Å². The second-order valence-corrected chi connectivity index (χ2v) is 5.11. The molecule has 2 N–H and O–H groups in total. The Kier molecular flexibility index (Phi) is 4.58. The van der Waals surface area contributed by atoms with Gasteiger partial charge in [-0.15, -0.1) is 0 Å².